The van der Waals surface area contributed by atoms with E-state index in [4.69, 9.17) is 4.74 Å². The van der Waals surface area contributed by atoms with Gasteiger partial charge in [-0.3, -0.25) is 4.90 Å². The van der Waals surface area contributed by atoms with E-state index in [2.05, 4.69) is 15.5 Å². The molecule has 1 amide bonds. The van der Waals surface area contributed by atoms with Gasteiger partial charge in [-0.2, -0.15) is 0 Å². The Hall–Kier alpha value is -1.66. The van der Waals surface area contributed by atoms with E-state index in [9.17, 15) is 4.79 Å². The molecule has 2 atom stereocenters. The SMILES string of the molecule is CC(C)N1C(=O)O[C@H](c2nnnn2C)[C@@H]1C. The monoisotopic (exact) mass is 225 g/mol. The van der Waals surface area contributed by atoms with Crippen molar-refractivity contribution in [1.82, 2.24) is 25.1 Å². The van der Waals surface area contributed by atoms with Crippen LogP contribution in [0.4, 0.5) is 4.79 Å². The molecule has 2 heterocycles. The fourth-order valence-electron chi connectivity index (χ4n) is 2.01. The number of cyclic esters (lactones) is 1. The normalized spacial score (nSPS) is 25.3. The van der Waals surface area contributed by atoms with Crippen LogP contribution in [-0.4, -0.2) is 43.3 Å². The number of tetrazole rings is 1. The average molecular weight is 225 g/mol. The van der Waals surface area contributed by atoms with Gasteiger partial charge in [0, 0.05) is 13.1 Å². The van der Waals surface area contributed by atoms with Crippen molar-refractivity contribution in [3.8, 4) is 0 Å². The number of ether oxygens (including phenoxy) is 1. The van der Waals surface area contributed by atoms with Gasteiger partial charge in [0.1, 0.15) is 0 Å². The lowest BCUT2D eigenvalue weighted by molar-refractivity contribution is 0.123. The molecule has 0 aliphatic carbocycles. The zero-order valence-corrected chi connectivity index (χ0v) is 9.78. The molecule has 0 unspecified atom stereocenters. The number of carbonyl (C=O) groups excluding carboxylic acids is 1. The van der Waals surface area contributed by atoms with E-state index in [0.29, 0.717) is 5.82 Å². The molecule has 1 aromatic rings. The molecule has 1 aliphatic rings. The highest BCUT2D eigenvalue weighted by Gasteiger charge is 2.43. The van der Waals surface area contributed by atoms with Crippen LogP contribution in [0.15, 0.2) is 0 Å². The summed E-state index contributed by atoms with van der Waals surface area (Å²) in [5.41, 5.74) is 0. The van der Waals surface area contributed by atoms with Gasteiger partial charge in [0.15, 0.2) is 11.9 Å². The molecule has 2 rings (SSSR count). The maximum absolute atomic E-state index is 11.7. The molecule has 7 heteroatoms. The number of aromatic nitrogens is 4. The quantitative estimate of drug-likeness (QED) is 0.732. The Morgan fingerprint density at radius 3 is 2.56 bits per heavy atom. The Labute approximate surface area is 93.4 Å². The predicted molar refractivity (Wildman–Crippen MR) is 54.5 cm³/mol. The first-order valence-corrected chi connectivity index (χ1v) is 5.23. The minimum Gasteiger partial charge on any atom is -0.436 e. The van der Waals surface area contributed by atoms with Crippen molar-refractivity contribution in [2.75, 3.05) is 0 Å². The summed E-state index contributed by atoms with van der Waals surface area (Å²) in [5.74, 6) is 0.573. The molecule has 0 bridgehead atoms. The van der Waals surface area contributed by atoms with Crippen molar-refractivity contribution in [3.63, 3.8) is 0 Å². The average Bonchev–Trinajstić information content (AvgIpc) is 2.70. The van der Waals surface area contributed by atoms with Crippen molar-refractivity contribution >= 4 is 6.09 Å². The van der Waals surface area contributed by atoms with Crippen LogP contribution in [0.25, 0.3) is 0 Å². The Kier molecular flexibility index (Phi) is 2.53. The highest BCUT2D eigenvalue weighted by molar-refractivity contribution is 5.71. The van der Waals surface area contributed by atoms with Crippen molar-refractivity contribution in [2.45, 2.75) is 39.0 Å². The van der Waals surface area contributed by atoms with E-state index in [-0.39, 0.29) is 18.2 Å². The standard InChI is InChI=1S/C9H15N5O2/c1-5(2)14-6(3)7(16-9(14)15)8-10-11-12-13(8)4/h5-7H,1-4H3/t6-,7-/m0/s1. The number of aryl methyl sites for hydroxylation is 1. The number of nitrogens with zero attached hydrogens (tertiary/aromatic N) is 5. The molecule has 1 fully saturated rings. The highest BCUT2D eigenvalue weighted by Crippen LogP contribution is 2.31. The number of amides is 1. The summed E-state index contributed by atoms with van der Waals surface area (Å²) in [6.07, 6.45) is -0.703. The zero-order valence-electron chi connectivity index (χ0n) is 9.78. The second-order valence-electron chi connectivity index (χ2n) is 4.21. The minimum atomic E-state index is -0.394. The van der Waals surface area contributed by atoms with Crippen LogP contribution in [-0.2, 0) is 11.8 Å². The first kappa shape index (κ1) is 10.8. The maximum Gasteiger partial charge on any atom is 0.411 e. The van der Waals surface area contributed by atoms with Crippen LogP contribution in [0.5, 0.6) is 0 Å². The maximum atomic E-state index is 11.7. The largest absolute Gasteiger partial charge is 0.436 e. The summed E-state index contributed by atoms with van der Waals surface area (Å²) in [6, 6.07) is 0.0471. The van der Waals surface area contributed by atoms with Gasteiger partial charge < -0.3 is 4.74 Å². The third-order valence-corrected chi connectivity index (χ3v) is 2.78. The van der Waals surface area contributed by atoms with E-state index in [0.717, 1.165) is 0 Å². The summed E-state index contributed by atoms with van der Waals surface area (Å²) < 4.78 is 6.82. The highest BCUT2D eigenvalue weighted by atomic mass is 16.6. The fourth-order valence-corrected chi connectivity index (χ4v) is 2.01. The van der Waals surface area contributed by atoms with Crippen LogP contribution in [0.1, 0.15) is 32.7 Å². The topological polar surface area (TPSA) is 73.1 Å². The van der Waals surface area contributed by atoms with Gasteiger partial charge >= 0.3 is 6.09 Å². The fraction of sp³-hybridized carbons (Fsp3) is 0.778. The van der Waals surface area contributed by atoms with Crippen LogP contribution >= 0.6 is 0 Å². The van der Waals surface area contributed by atoms with Crippen molar-refractivity contribution in [2.24, 2.45) is 7.05 Å². The van der Waals surface area contributed by atoms with E-state index in [1.54, 1.807) is 11.9 Å². The second kappa shape index (κ2) is 3.73. The smallest absolute Gasteiger partial charge is 0.411 e. The number of carbonyl (C=O) groups is 1. The first-order chi connectivity index (χ1) is 7.52. The van der Waals surface area contributed by atoms with Crippen LogP contribution in [0, 0.1) is 0 Å². The predicted octanol–water partition coefficient (Wildman–Crippen LogP) is 0.500. The Morgan fingerprint density at radius 1 is 1.44 bits per heavy atom. The molecule has 1 saturated heterocycles. The lowest BCUT2D eigenvalue weighted by Gasteiger charge is -2.23. The lowest BCUT2D eigenvalue weighted by atomic mass is 10.1. The zero-order chi connectivity index (χ0) is 11.9. The molecule has 0 radical (unpaired) electrons. The third kappa shape index (κ3) is 1.52. The van der Waals surface area contributed by atoms with Crippen molar-refractivity contribution in [1.29, 1.82) is 0 Å². The summed E-state index contributed by atoms with van der Waals surface area (Å²) in [6.45, 7) is 5.84. The van der Waals surface area contributed by atoms with Crippen molar-refractivity contribution < 1.29 is 9.53 Å². The van der Waals surface area contributed by atoms with Crippen LogP contribution in [0.2, 0.25) is 0 Å². The van der Waals surface area contributed by atoms with Crippen LogP contribution in [0.3, 0.4) is 0 Å². The lowest BCUT2D eigenvalue weighted by Crippen LogP contribution is -2.37. The van der Waals surface area contributed by atoms with Crippen LogP contribution < -0.4 is 0 Å². The summed E-state index contributed by atoms with van der Waals surface area (Å²) >= 11 is 0. The number of hydrogen-bond donors (Lipinski definition) is 0. The van der Waals surface area contributed by atoms with Gasteiger partial charge in [0.05, 0.1) is 6.04 Å². The Morgan fingerprint density at radius 2 is 2.12 bits per heavy atom. The molecule has 16 heavy (non-hydrogen) atoms. The van der Waals surface area contributed by atoms with Gasteiger partial charge in [-0.05, 0) is 31.2 Å². The van der Waals surface area contributed by atoms with Crippen molar-refractivity contribution in [3.05, 3.63) is 5.82 Å². The van der Waals surface area contributed by atoms with E-state index in [1.807, 2.05) is 20.8 Å². The summed E-state index contributed by atoms with van der Waals surface area (Å²) in [5, 5.41) is 11.2. The molecule has 1 aromatic heterocycles. The molecular weight excluding hydrogens is 210 g/mol. The van der Waals surface area contributed by atoms with E-state index < -0.39 is 6.10 Å². The Bertz CT molecular complexity index is 402. The van der Waals surface area contributed by atoms with E-state index >= 15 is 0 Å². The third-order valence-electron chi connectivity index (χ3n) is 2.78. The van der Waals surface area contributed by atoms with Gasteiger partial charge in [-0.1, -0.05) is 0 Å². The van der Waals surface area contributed by atoms with Gasteiger partial charge in [0.25, 0.3) is 0 Å². The van der Waals surface area contributed by atoms with Gasteiger partial charge in [0.2, 0.25) is 0 Å². The molecular formula is C9H15N5O2. The minimum absolute atomic E-state index is 0.0581. The Balaban J connectivity index is 2.27. The molecule has 0 N–H and O–H groups in total. The molecule has 88 valence electrons. The molecule has 0 spiro atoms. The van der Waals surface area contributed by atoms with Gasteiger partial charge in [-0.15, -0.1) is 5.10 Å². The second-order valence-corrected chi connectivity index (χ2v) is 4.21. The van der Waals surface area contributed by atoms with E-state index in [1.165, 1.54) is 4.68 Å². The van der Waals surface area contributed by atoms with Gasteiger partial charge in [-0.25, -0.2) is 9.48 Å². The first-order valence-electron chi connectivity index (χ1n) is 5.23. The molecule has 0 aromatic carbocycles. The molecule has 7 nitrogen and oxygen atoms in total. The molecule has 1 aliphatic heterocycles. The number of rotatable bonds is 2. The number of hydrogen-bond acceptors (Lipinski definition) is 5. The summed E-state index contributed by atoms with van der Waals surface area (Å²) in [7, 11) is 1.73. The molecule has 0 saturated carbocycles. The summed E-state index contributed by atoms with van der Waals surface area (Å²) in [4.78, 5) is 13.4.